The normalized spacial score (nSPS) is 11.9. The minimum absolute atomic E-state index is 0.150. The molecule has 1 atom stereocenters. The quantitative estimate of drug-likeness (QED) is 0.721. The van der Waals surface area contributed by atoms with E-state index in [1.165, 1.54) is 0 Å². The van der Waals surface area contributed by atoms with Crippen molar-refractivity contribution in [3.8, 4) is 11.5 Å². The van der Waals surface area contributed by atoms with Gasteiger partial charge in [0.25, 0.3) is 5.91 Å². The van der Waals surface area contributed by atoms with Crippen molar-refractivity contribution in [1.29, 1.82) is 0 Å². The lowest BCUT2D eigenvalue weighted by Gasteiger charge is -2.13. The zero-order valence-corrected chi connectivity index (χ0v) is 13.2. The van der Waals surface area contributed by atoms with Gasteiger partial charge < -0.3 is 19.9 Å². The van der Waals surface area contributed by atoms with E-state index < -0.39 is 0 Å². The highest BCUT2D eigenvalue weighted by molar-refractivity contribution is 5.95. The molecule has 0 spiro atoms. The second-order valence-electron chi connectivity index (χ2n) is 5.19. The molecule has 5 nitrogen and oxygen atoms in total. The zero-order chi connectivity index (χ0) is 15.8. The molecule has 0 aromatic heterocycles. The maximum absolute atomic E-state index is 12.1. The Morgan fingerprint density at radius 1 is 1.29 bits per heavy atom. The molecule has 0 aliphatic rings. The van der Waals surface area contributed by atoms with E-state index in [9.17, 15) is 4.79 Å². The molecule has 118 valence electrons. The fourth-order valence-electron chi connectivity index (χ4n) is 2.06. The first-order chi connectivity index (χ1) is 10.0. The number of nitrogens with one attached hydrogen (secondary N) is 1. The second-order valence-corrected chi connectivity index (χ2v) is 5.19. The standard InChI is InChI=1S/C16H25NO4/c1-11(10-18)6-5-7-17-16(19)13-8-14(20-3)12(2)15(9-13)21-4/h8-9,11,18H,5-7,10H2,1-4H3,(H,17,19). The average molecular weight is 295 g/mol. The molecule has 1 rings (SSSR count). The Morgan fingerprint density at radius 3 is 2.33 bits per heavy atom. The smallest absolute Gasteiger partial charge is 0.251 e. The summed E-state index contributed by atoms with van der Waals surface area (Å²) in [6.07, 6.45) is 1.73. The van der Waals surface area contributed by atoms with Gasteiger partial charge in [0.05, 0.1) is 14.2 Å². The van der Waals surface area contributed by atoms with Crippen LogP contribution in [0.5, 0.6) is 11.5 Å². The number of rotatable bonds is 8. The van der Waals surface area contributed by atoms with Crippen molar-refractivity contribution in [3.05, 3.63) is 23.3 Å². The zero-order valence-electron chi connectivity index (χ0n) is 13.2. The fourth-order valence-corrected chi connectivity index (χ4v) is 2.06. The lowest BCUT2D eigenvalue weighted by Crippen LogP contribution is -2.25. The predicted molar refractivity (Wildman–Crippen MR) is 82.1 cm³/mol. The molecule has 0 aliphatic heterocycles. The molecule has 1 unspecified atom stereocenters. The van der Waals surface area contributed by atoms with Crippen LogP contribution in [0.2, 0.25) is 0 Å². The third-order valence-corrected chi connectivity index (χ3v) is 3.49. The van der Waals surface area contributed by atoms with Crippen LogP contribution in [0.3, 0.4) is 0 Å². The topological polar surface area (TPSA) is 67.8 Å². The van der Waals surface area contributed by atoms with E-state index in [1.54, 1.807) is 26.4 Å². The number of ether oxygens (including phenoxy) is 2. The Balaban J connectivity index is 2.65. The summed E-state index contributed by atoms with van der Waals surface area (Å²) in [7, 11) is 3.14. The number of amides is 1. The number of carbonyl (C=O) groups is 1. The van der Waals surface area contributed by atoms with Crippen LogP contribution in [0.1, 0.15) is 35.7 Å². The van der Waals surface area contributed by atoms with E-state index in [4.69, 9.17) is 14.6 Å². The van der Waals surface area contributed by atoms with Gasteiger partial charge in [0.2, 0.25) is 0 Å². The van der Waals surface area contributed by atoms with Crippen LogP contribution in [-0.4, -0.2) is 38.4 Å². The molecule has 5 heteroatoms. The van der Waals surface area contributed by atoms with Gasteiger partial charge in [-0.3, -0.25) is 4.79 Å². The van der Waals surface area contributed by atoms with Crippen molar-refractivity contribution in [2.75, 3.05) is 27.4 Å². The van der Waals surface area contributed by atoms with Gasteiger partial charge in [-0.15, -0.1) is 0 Å². The SMILES string of the molecule is COc1cc(C(=O)NCCCC(C)CO)cc(OC)c1C. The first-order valence-corrected chi connectivity index (χ1v) is 7.15. The summed E-state index contributed by atoms with van der Waals surface area (Å²) >= 11 is 0. The number of benzene rings is 1. The number of hydrogen-bond donors (Lipinski definition) is 2. The monoisotopic (exact) mass is 295 g/mol. The minimum Gasteiger partial charge on any atom is -0.496 e. The van der Waals surface area contributed by atoms with Gasteiger partial charge in [0, 0.05) is 24.3 Å². The molecule has 1 amide bonds. The summed E-state index contributed by atoms with van der Waals surface area (Å²) in [5.41, 5.74) is 1.39. The molecule has 2 N–H and O–H groups in total. The number of aliphatic hydroxyl groups is 1. The van der Waals surface area contributed by atoms with Crippen molar-refractivity contribution in [1.82, 2.24) is 5.32 Å². The molecule has 0 heterocycles. The first-order valence-electron chi connectivity index (χ1n) is 7.15. The third-order valence-electron chi connectivity index (χ3n) is 3.49. The van der Waals surface area contributed by atoms with Gasteiger partial charge >= 0.3 is 0 Å². The minimum atomic E-state index is -0.150. The van der Waals surface area contributed by atoms with Crippen LogP contribution in [0.4, 0.5) is 0 Å². The lowest BCUT2D eigenvalue weighted by molar-refractivity contribution is 0.0951. The van der Waals surface area contributed by atoms with Crippen LogP contribution in [0.15, 0.2) is 12.1 Å². The lowest BCUT2D eigenvalue weighted by atomic mass is 10.1. The van der Waals surface area contributed by atoms with Crippen molar-refractivity contribution >= 4 is 5.91 Å². The molecule has 0 saturated carbocycles. The molecule has 0 radical (unpaired) electrons. The van der Waals surface area contributed by atoms with E-state index in [0.717, 1.165) is 18.4 Å². The van der Waals surface area contributed by atoms with E-state index >= 15 is 0 Å². The van der Waals surface area contributed by atoms with Crippen LogP contribution in [-0.2, 0) is 0 Å². The Hall–Kier alpha value is -1.75. The maximum atomic E-state index is 12.1. The summed E-state index contributed by atoms with van der Waals surface area (Å²) in [5, 5.41) is 11.8. The van der Waals surface area contributed by atoms with Crippen molar-refractivity contribution in [2.45, 2.75) is 26.7 Å². The largest absolute Gasteiger partial charge is 0.496 e. The van der Waals surface area contributed by atoms with E-state index in [-0.39, 0.29) is 18.4 Å². The van der Waals surface area contributed by atoms with Crippen molar-refractivity contribution < 1.29 is 19.4 Å². The molecule has 21 heavy (non-hydrogen) atoms. The number of hydrogen-bond acceptors (Lipinski definition) is 4. The Morgan fingerprint density at radius 2 is 1.86 bits per heavy atom. The van der Waals surface area contributed by atoms with Gasteiger partial charge in [-0.25, -0.2) is 0 Å². The first kappa shape index (κ1) is 17.3. The maximum Gasteiger partial charge on any atom is 0.251 e. The van der Waals surface area contributed by atoms with Crippen LogP contribution < -0.4 is 14.8 Å². The fraction of sp³-hybridized carbons (Fsp3) is 0.562. The van der Waals surface area contributed by atoms with Gasteiger partial charge in [-0.1, -0.05) is 6.92 Å². The predicted octanol–water partition coefficient (Wildman–Crippen LogP) is 2.15. The van der Waals surface area contributed by atoms with E-state index in [0.29, 0.717) is 23.6 Å². The third kappa shape index (κ3) is 4.93. The van der Waals surface area contributed by atoms with E-state index in [1.807, 2.05) is 13.8 Å². The highest BCUT2D eigenvalue weighted by Gasteiger charge is 2.13. The molecule has 0 fully saturated rings. The van der Waals surface area contributed by atoms with Crippen LogP contribution >= 0.6 is 0 Å². The Labute approximate surface area is 126 Å². The van der Waals surface area contributed by atoms with Gasteiger partial charge in [0.15, 0.2) is 0 Å². The summed E-state index contributed by atoms with van der Waals surface area (Å²) in [6, 6.07) is 3.42. The van der Waals surface area contributed by atoms with Gasteiger partial charge in [-0.05, 0) is 37.8 Å². The number of aliphatic hydroxyl groups excluding tert-OH is 1. The van der Waals surface area contributed by atoms with Crippen molar-refractivity contribution in [2.24, 2.45) is 5.92 Å². The van der Waals surface area contributed by atoms with Crippen LogP contribution in [0.25, 0.3) is 0 Å². The number of carbonyl (C=O) groups excluding carboxylic acids is 1. The summed E-state index contributed by atoms with van der Waals surface area (Å²) in [4.78, 5) is 12.1. The highest BCUT2D eigenvalue weighted by Crippen LogP contribution is 2.29. The summed E-state index contributed by atoms with van der Waals surface area (Å²) in [5.74, 6) is 1.38. The Kier molecular flexibility index (Phi) is 7.02. The molecule has 0 saturated heterocycles. The van der Waals surface area contributed by atoms with E-state index in [2.05, 4.69) is 5.32 Å². The number of methoxy groups -OCH3 is 2. The molecular formula is C16H25NO4. The summed E-state index contributed by atoms with van der Waals surface area (Å²) < 4.78 is 10.5. The molecule has 1 aromatic rings. The van der Waals surface area contributed by atoms with Gasteiger partial charge in [-0.2, -0.15) is 0 Å². The molecular weight excluding hydrogens is 270 g/mol. The second kappa shape index (κ2) is 8.52. The molecule has 1 aromatic carbocycles. The average Bonchev–Trinajstić information content (AvgIpc) is 2.51. The highest BCUT2D eigenvalue weighted by atomic mass is 16.5. The van der Waals surface area contributed by atoms with Gasteiger partial charge in [0.1, 0.15) is 11.5 Å². The summed E-state index contributed by atoms with van der Waals surface area (Å²) in [6.45, 7) is 4.63. The van der Waals surface area contributed by atoms with Crippen molar-refractivity contribution in [3.63, 3.8) is 0 Å². The molecule has 0 bridgehead atoms. The molecule has 0 aliphatic carbocycles. The van der Waals surface area contributed by atoms with Crippen LogP contribution in [0, 0.1) is 12.8 Å². The Bertz CT molecular complexity index is 448.